The summed E-state index contributed by atoms with van der Waals surface area (Å²) in [5.74, 6) is 0.206. The van der Waals surface area contributed by atoms with E-state index >= 15 is 0 Å². The summed E-state index contributed by atoms with van der Waals surface area (Å²) in [5, 5.41) is 8.77. The largest absolute Gasteiger partial charge is 0.481 e. The fourth-order valence-electron chi connectivity index (χ4n) is 1.55. The van der Waals surface area contributed by atoms with Gasteiger partial charge >= 0.3 is 5.97 Å². The van der Waals surface area contributed by atoms with Crippen molar-refractivity contribution in [2.45, 2.75) is 6.92 Å². The minimum Gasteiger partial charge on any atom is -0.481 e. The first-order valence-corrected chi connectivity index (χ1v) is 4.04. The van der Waals surface area contributed by atoms with E-state index in [0.29, 0.717) is 6.54 Å². The van der Waals surface area contributed by atoms with Gasteiger partial charge in [-0.25, -0.2) is 0 Å². The number of carbonyl (C=O) groups excluding carboxylic acids is 1. The highest BCUT2D eigenvalue weighted by atomic mass is 16.4. The Bertz CT molecular complexity index is 279. The molecule has 1 saturated heterocycles. The van der Waals surface area contributed by atoms with Crippen molar-refractivity contribution in [1.82, 2.24) is 4.90 Å². The molecule has 70 valence electrons. The van der Waals surface area contributed by atoms with Gasteiger partial charge in [0.25, 0.3) is 5.91 Å². The number of terminal acetylenes is 1. The second-order valence-corrected chi connectivity index (χ2v) is 3.28. The van der Waals surface area contributed by atoms with E-state index in [2.05, 4.69) is 0 Å². The van der Waals surface area contributed by atoms with Gasteiger partial charge in [-0.15, -0.1) is 6.42 Å². The number of carbonyl (C=O) groups is 2. The van der Waals surface area contributed by atoms with Gasteiger partial charge < -0.3 is 10.0 Å². The van der Waals surface area contributed by atoms with Gasteiger partial charge in [0.2, 0.25) is 0 Å². The average molecular weight is 181 g/mol. The highest BCUT2D eigenvalue weighted by Gasteiger charge is 2.36. The van der Waals surface area contributed by atoms with Crippen LogP contribution in [-0.2, 0) is 9.59 Å². The molecular weight excluding hydrogens is 170 g/mol. The highest BCUT2D eigenvalue weighted by Crippen LogP contribution is 2.22. The van der Waals surface area contributed by atoms with E-state index in [9.17, 15) is 9.59 Å². The summed E-state index contributed by atoms with van der Waals surface area (Å²) in [6.07, 6.45) is 4.93. The third-order valence-electron chi connectivity index (χ3n) is 2.34. The predicted molar refractivity (Wildman–Crippen MR) is 45.7 cm³/mol. The minimum atomic E-state index is -0.861. The summed E-state index contributed by atoms with van der Waals surface area (Å²) in [6.45, 7) is 2.49. The lowest BCUT2D eigenvalue weighted by Crippen LogP contribution is -2.28. The van der Waals surface area contributed by atoms with Crippen molar-refractivity contribution < 1.29 is 14.7 Å². The van der Waals surface area contributed by atoms with Crippen LogP contribution in [0, 0.1) is 24.2 Å². The number of aliphatic carboxylic acids is 1. The predicted octanol–water partition coefficient (Wildman–Crippen LogP) is -0.201. The first kappa shape index (κ1) is 9.59. The van der Waals surface area contributed by atoms with Crippen LogP contribution in [0.4, 0.5) is 0 Å². The maximum atomic E-state index is 11.0. The van der Waals surface area contributed by atoms with Crippen molar-refractivity contribution in [2.75, 3.05) is 13.1 Å². The van der Waals surface area contributed by atoms with Gasteiger partial charge in [0.05, 0.1) is 5.92 Å². The summed E-state index contributed by atoms with van der Waals surface area (Å²) in [6, 6.07) is 0. The Hall–Kier alpha value is -1.50. The van der Waals surface area contributed by atoms with Gasteiger partial charge in [-0.3, -0.25) is 9.59 Å². The molecule has 0 bridgehead atoms. The van der Waals surface area contributed by atoms with Crippen LogP contribution < -0.4 is 0 Å². The second-order valence-electron chi connectivity index (χ2n) is 3.28. The normalized spacial score (nSPS) is 26.9. The van der Waals surface area contributed by atoms with Gasteiger partial charge in [0.15, 0.2) is 0 Å². The van der Waals surface area contributed by atoms with Gasteiger partial charge in [0, 0.05) is 13.1 Å². The average Bonchev–Trinajstić information content (AvgIpc) is 2.46. The lowest BCUT2D eigenvalue weighted by atomic mass is 9.99. The number of hydrogen-bond acceptors (Lipinski definition) is 2. The molecule has 1 amide bonds. The van der Waals surface area contributed by atoms with Crippen molar-refractivity contribution in [2.24, 2.45) is 11.8 Å². The number of rotatable bonds is 1. The molecule has 0 spiro atoms. The molecule has 0 unspecified atom stereocenters. The zero-order valence-corrected chi connectivity index (χ0v) is 7.36. The molecule has 0 aromatic carbocycles. The van der Waals surface area contributed by atoms with E-state index in [1.807, 2.05) is 12.8 Å². The summed E-state index contributed by atoms with van der Waals surface area (Å²) < 4.78 is 0. The van der Waals surface area contributed by atoms with Crippen LogP contribution >= 0.6 is 0 Å². The summed E-state index contributed by atoms with van der Waals surface area (Å²) in [5.41, 5.74) is 0. The van der Waals surface area contributed by atoms with E-state index in [0.717, 1.165) is 0 Å². The molecule has 4 heteroatoms. The Morgan fingerprint density at radius 1 is 1.54 bits per heavy atom. The van der Waals surface area contributed by atoms with Crippen LogP contribution in [0.1, 0.15) is 6.92 Å². The number of nitrogens with zero attached hydrogens (tertiary/aromatic N) is 1. The molecule has 1 N–H and O–H groups in total. The van der Waals surface area contributed by atoms with Crippen LogP contribution in [0.25, 0.3) is 0 Å². The molecule has 0 aliphatic carbocycles. The van der Waals surface area contributed by atoms with Gasteiger partial charge in [0.1, 0.15) is 0 Å². The van der Waals surface area contributed by atoms with E-state index in [4.69, 9.17) is 11.5 Å². The van der Waals surface area contributed by atoms with E-state index in [-0.39, 0.29) is 12.5 Å². The molecule has 2 atom stereocenters. The van der Waals surface area contributed by atoms with Crippen molar-refractivity contribution in [1.29, 1.82) is 0 Å². The monoisotopic (exact) mass is 181 g/mol. The lowest BCUT2D eigenvalue weighted by Gasteiger charge is -2.10. The number of hydrogen-bond donors (Lipinski definition) is 1. The van der Waals surface area contributed by atoms with Crippen LogP contribution in [0.3, 0.4) is 0 Å². The SMILES string of the molecule is C#CC(=O)N1C[C@@H](C)[C@H](C(=O)O)C1. The quantitative estimate of drug-likeness (QED) is 0.570. The Morgan fingerprint density at radius 3 is 2.54 bits per heavy atom. The van der Waals surface area contributed by atoms with E-state index in [1.165, 1.54) is 4.90 Å². The fourth-order valence-corrected chi connectivity index (χ4v) is 1.55. The maximum Gasteiger partial charge on any atom is 0.308 e. The van der Waals surface area contributed by atoms with Crippen LogP contribution in [0.5, 0.6) is 0 Å². The van der Waals surface area contributed by atoms with Gasteiger partial charge in [-0.1, -0.05) is 6.92 Å². The molecule has 1 heterocycles. The minimum absolute atomic E-state index is 0.0187. The molecule has 0 saturated carbocycles. The van der Waals surface area contributed by atoms with E-state index in [1.54, 1.807) is 0 Å². The van der Waals surface area contributed by atoms with Crippen molar-refractivity contribution >= 4 is 11.9 Å². The molecule has 4 nitrogen and oxygen atoms in total. The van der Waals surface area contributed by atoms with Gasteiger partial charge in [-0.2, -0.15) is 0 Å². The molecule has 0 aromatic heterocycles. The fraction of sp³-hybridized carbons (Fsp3) is 0.556. The van der Waals surface area contributed by atoms with Crippen LogP contribution in [0.15, 0.2) is 0 Å². The number of amides is 1. The molecule has 1 aliphatic rings. The maximum absolute atomic E-state index is 11.0. The standard InChI is InChI=1S/C9H11NO3/c1-3-8(11)10-4-6(2)7(5-10)9(12)13/h1,6-7H,4-5H2,2H3,(H,12,13)/t6-,7-/m1/s1. The first-order valence-electron chi connectivity index (χ1n) is 4.04. The number of carboxylic acid groups (broad SMARTS) is 1. The molecular formula is C9H11NO3. The highest BCUT2D eigenvalue weighted by molar-refractivity contribution is 5.93. The number of carboxylic acids is 1. The third kappa shape index (κ3) is 1.81. The third-order valence-corrected chi connectivity index (χ3v) is 2.34. The second kappa shape index (κ2) is 3.48. The Morgan fingerprint density at radius 2 is 2.15 bits per heavy atom. The van der Waals surface area contributed by atoms with Gasteiger partial charge in [-0.05, 0) is 11.8 Å². The molecule has 1 fully saturated rings. The molecule has 1 rings (SSSR count). The Labute approximate surface area is 76.5 Å². The smallest absolute Gasteiger partial charge is 0.308 e. The van der Waals surface area contributed by atoms with Crippen molar-refractivity contribution in [3.8, 4) is 12.3 Å². The van der Waals surface area contributed by atoms with Crippen LogP contribution in [0.2, 0.25) is 0 Å². The molecule has 13 heavy (non-hydrogen) atoms. The topological polar surface area (TPSA) is 57.6 Å². The number of likely N-dealkylation sites (tertiary alicyclic amines) is 1. The first-order chi connectivity index (χ1) is 6.06. The van der Waals surface area contributed by atoms with Crippen molar-refractivity contribution in [3.63, 3.8) is 0 Å². The lowest BCUT2D eigenvalue weighted by molar-refractivity contribution is -0.142. The summed E-state index contributed by atoms with van der Waals surface area (Å²) in [7, 11) is 0. The van der Waals surface area contributed by atoms with E-state index < -0.39 is 17.8 Å². The zero-order chi connectivity index (χ0) is 10.0. The molecule has 0 radical (unpaired) electrons. The summed E-state index contributed by atoms with van der Waals surface area (Å²) >= 11 is 0. The Kier molecular flexibility index (Phi) is 2.57. The molecule has 0 aromatic rings. The Balaban J connectivity index is 2.66. The van der Waals surface area contributed by atoms with Crippen LogP contribution in [-0.4, -0.2) is 35.0 Å². The summed E-state index contributed by atoms with van der Waals surface area (Å²) in [4.78, 5) is 23.1. The van der Waals surface area contributed by atoms with Crippen molar-refractivity contribution in [3.05, 3.63) is 0 Å². The molecule has 1 aliphatic heterocycles. The zero-order valence-electron chi connectivity index (χ0n) is 7.36.